The number of ether oxygens (including phenoxy) is 1. The second-order valence-electron chi connectivity index (χ2n) is 8.95. The summed E-state index contributed by atoms with van der Waals surface area (Å²) in [7, 11) is -3.78. The van der Waals surface area contributed by atoms with E-state index < -0.39 is 28.5 Å². The number of anilines is 1. The van der Waals surface area contributed by atoms with Gasteiger partial charge in [0, 0.05) is 12.6 Å². The second kappa shape index (κ2) is 13.3. The fourth-order valence-electron chi connectivity index (χ4n) is 3.86. The zero-order valence-corrected chi connectivity index (χ0v) is 23.0. The van der Waals surface area contributed by atoms with Crippen LogP contribution in [0.15, 0.2) is 48.5 Å². The minimum Gasteiger partial charge on any atom is -0.494 e. The highest BCUT2D eigenvalue weighted by Crippen LogP contribution is 2.23. The van der Waals surface area contributed by atoms with Gasteiger partial charge in [0.15, 0.2) is 0 Å². The molecule has 0 saturated heterocycles. The van der Waals surface area contributed by atoms with Gasteiger partial charge in [0.2, 0.25) is 21.8 Å². The molecule has 0 aliphatic carbocycles. The molecular formula is C27H39N3O5S. The van der Waals surface area contributed by atoms with Crippen LogP contribution in [0.2, 0.25) is 0 Å². The van der Waals surface area contributed by atoms with E-state index in [2.05, 4.69) is 5.32 Å². The Bertz CT molecular complexity index is 1120. The van der Waals surface area contributed by atoms with Crippen LogP contribution < -0.4 is 14.4 Å². The Kier molecular flexibility index (Phi) is 10.8. The topological polar surface area (TPSA) is 96.0 Å². The van der Waals surface area contributed by atoms with Crippen LogP contribution in [0.5, 0.6) is 5.75 Å². The van der Waals surface area contributed by atoms with Crippen molar-refractivity contribution in [2.45, 2.75) is 66.1 Å². The standard InChI is InChI=1S/C27H39N3O5S/c1-7-21(5)28-27(32)25(8-2)29(18-22-12-10-11-20(4)17-22)26(31)19-30(36(6,33)34)23-13-15-24(16-14-23)35-9-3/h10-17,21,25H,7-9,18-19H2,1-6H3,(H,28,32)/t21-,25+/m1/s1. The normalized spacial score (nSPS) is 12.9. The smallest absolute Gasteiger partial charge is 0.244 e. The third kappa shape index (κ3) is 8.26. The molecule has 0 heterocycles. The molecular weight excluding hydrogens is 478 g/mol. The first-order chi connectivity index (χ1) is 17.0. The Hall–Kier alpha value is -3.07. The van der Waals surface area contributed by atoms with Crippen molar-refractivity contribution in [2.75, 3.05) is 23.7 Å². The van der Waals surface area contributed by atoms with Crippen molar-refractivity contribution in [3.8, 4) is 5.75 Å². The Morgan fingerprint density at radius 2 is 1.69 bits per heavy atom. The van der Waals surface area contributed by atoms with Crippen LogP contribution in [0.4, 0.5) is 5.69 Å². The third-order valence-corrected chi connectivity index (χ3v) is 7.08. The number of carbonyl (C=O) groups excluding carboxylic acids is 2. The van der Waals surface area contributed by atoms with Crippen LogP contribution in [0.3, 0.4) is 0 Å². The molecule has 0 fully saturated rings. The molecule has 0 radical (unpaired) electrons. The molecule has 2 atom stereocenters. The summed E-state index contributed by atoms with van der Waals surface area (Å²) >= 11 is 0. The molecule has 0 aliphatic rings. The zero-order chi connectivity index (χ0) is 26.9. The molecule has 1 N–H and O–H groups in total. The molecule has 0 spiro atoms. The number of hydrogen-bond donors (Lipinski definition) is 1. The SMILES string of the molecule is CCOc1ccc(N(CC(=O)N(Cc2cccc(C)c2)[C@@H](CC)C(=O)N[C@H](C)CC)S(C)(=O)=O)cc1. The van der Waals surface area contributed by atoms with E-state index in [0.29, 0.717) is 24.5 Å². The molecule has 2 amide bonds. The minimum atomic E-state index is -3.78. The molecule has 36 heavy (non-hydrogen) atoms. The van der Waals surface area contributed by atoms with Gasteiger partial charge in [-0.2, -0.15) is 0 Å². The quantitative estimate of drug-likeness (QED) is 0.435. The summed E-state index contributed by atoms with van der Waals surface area (Å²) in [6.45, 7) is 9.80. The van der Waals surface area contributed by atoms with Gasteiger partial charge in [-0.05, 0) is 63.4 Å². The minimum absolute atomic E-state index is 0.0427. The lowest BCUT2D eigenvalue weighted by Crippen LogP contribution is -2.53. The predicted molar refractivity (Wildman–Crippen MR) is 144 cm³/mol. The highest BCUT2D eigenvalue weighted by atomic mass is 32.2. The first-order valence-electron chi connectivity index (χ1n) is 12.4. The molecule has 2 aromatic carbocycles. The summed E-state index contributed by atoms with van der Waals surface area (Å²) in [6, 6.07) is 13.5. The van der Waals surface area contributed by atoms with Crippen molar-refractivity contribution < 1.29 is 22.7 Å². The monoisotopic (exact) mass is 517 g/mol. The number of nitrogens with zero attached hydrogens (tertiary/aromatic N) is 2. The molecule has 0 bridgehead atoms. The highest BCUT2D eigenvalue weighted by Gasteiger charge is 2.32. The molecule has 8 nitrogen and oxygen atoms in total. The Morgan fingerprint density at radius 3 is 2.22 bits per heavy atom. The number of benzene rings is 2. The van der Waals surface area contributed by atoms with Gasteiger partial charge in [0.25, 0.3) is 0 Å². The fraction of sp³-hybridized carbons (Fsp3) is 0.481. The predicted octanol–water partition coefficient (Wildman–Crippen LogP) is 3.88. The maximum Gasteiger partial charge on any atom is 0.244 e. The van der Waals surface area contributed by atoms with Crippen LogP contribution in [-0.2, 0) is 26.2 Å². The molecule has 198 valence electrons. The summed E-state index contributed by atoms with van der Waals surface area (Å²) in [5.74, 6) is -0.100. The summed E-state index contributed by atoms with van der Waals surface area (Å²) in [5, 5.41) is 2.97. The Balaban J connectivity index is 2.42. The maximum absolute atomic E-state index is 13.7. The van der Waals surface area contributed by atoms with Gasteiger partial charge in [-0.3, -0.25) is 13.9 Å². The van der Waals surface area contributed by atoms with Gasteiger partial charge in [-0.1, -0.05) is 43.7 Å². The number of amides is 2. The summed E-state index contributed by atoms with van der Waals surface area (Å²) in [4.78, 5) is 28.3. The second-order valence-corrected chi connectivity index (χ2v) is 10.9. The molecule has 9 heteroatoms. The van der Waals surface area contributed by atoms with Crippen LogP contribution in [0, 0.1) is 6.92 Å². The molecule has 0 aromatic heterocycles. The Labute approximate surface area is 215 Å². The number of nitrogens with one attached hydrogen (secondary N) is 1. The largest absolute Gasteiger partial charge is 0.494 e. The molecule has 2 rings (SSSR count). The van der Waals surface area contributed by atoms with Gasteiger partial charge in [-0.15, -0.1) is 0 Å². The maximum atomic E-state index is 13.7. The molecule has 2 aromatic rings. The van der Waals surface area contributed by atoms with Crippen molar-refractivity contribution in [3.05, 3.63) is 59.7 Å². The van der Waals surface area contributed by atoms with E-state index in [1.54, 1.807) is 24.3 Å². The number of carbonyl (C=O) groups is 2. The van der Waals surface area contributed by atoms with Crippen LogP contribution >= 0.6 is 0 Å². The van der Waals surface area contributed by atoms with Gasteiger partial charge >= 0.3 is 0 Å². The van der Waals surface area contributed by atoms with Gasteiger partial charge < -0.3 is 15.0 Å². The number of hydrogen-bond acceptors (Lipinski definition) is 5. The van der Waals surface area contributed by atoms with Crippen LogP contribution in [0.1, 0.15) is 51.7 Å². The van der Waals surface area contributed by atoms with Gasteiger partial charge in [0.05, 0.1) is 18.6 Å². The first kappa shape index (κ1) is 29.2. The van der Waals surface area contributed by atoms with Crippen LogP contribution in [0.25, 0.3) is 0 Å². The zero-order valence-electron chi connectivity index (χ0n) is 22.2. The summed E-state index contributed by atoms with van der Waals surface area (Å²) < 4.78 is 31.9. The van der Waals surface area contributed by atoms with E-state index in [1.165, 1.54) is 4.90 Å². The van der Waals surface area contributed by atoms with Gasteiger partial charge in [0.1, 0.15) is 18.3 Å². The summed E-state index contributed by atoms with van der Waals surface area (Å²) in [5.41, 5.74) is 2.25. The van der Waals surface area contributed by atoms with Crippen molar-refractivity contribution in [2.24, 2.45) is 0 Å². The van der Waals surface area contributed by atoms with Crippen molar-refractivity contribution in [1.82, 2.24) is 10.2 Å². The van der Waals surface area contributed by atoms with Gasteiger partial charge in [-0.25, -0.2) is 8.42 Å². The van der Waals surface area contributed by atoms with Crippen LogP contribution in [-0.4, -0.2) is 56.6 Å². The van der Waals surface area contributed by atoms with E-state index in [4.69, 9.17) is 4.74 Å². The lowest BCUT2D eigenvalue weighted by Gasteiger charge is -2.33. The first-order valence-corrected chi connectivity index (χ1v) is 14.2. The number of aryl methyl sites for hydroxylation is 1. The van der Waals surface area contributed by atoms with Crippen molar-refractivity contribution in [3.63, 3.8) is 0 Å². The molecule has 0 unspecified atom stereocenters. The third-order valence-electron chi connectivity index (χ3n) is 5.94. The highest BCUT2D eigenvalue weighted by molar-refractivity contribution is 7.92. The van der Waals surface area contributed by atoms with Crippen molar-refractivity contribution in [1.29, 1.82) is 0 Å². The number of sulfonamides is 1. The van der Waals surface area contributed by atoms with Crippen molar-refractivity contribution >= 4 is 27.5 Å². The van der Waals surface area contributed by atoms with E-state index in [-0.39, 0.29) is 18.5 Å². The van der Waals surface area contributed by atoms with E-state index in [9.17, 15) is 18.0 Å². The number of rotatable bonds is 13. The molecule has 0 aliphatic heterocycles. The molecule has 0 saturated carbocycles. The fourth-order valence-corrected chi connectivity index (χ4v) is 4.71. The average Bonchev–Trinajstić information content (AvgIpc) is 2.82. The van der Waals surface area contributed by atoms with E-state index >= 15 is 0 Å². The van der Waals surface area contributed by atoms with E-state index in [1.807, 2.05) is 58.9 Å². The average molecular weight is 518 g/mol. The summed E-state index contributed by atoms with van der Waals surface area (Å²) in [6.07, 6.45) is 2.21. The van der Waals surface area contributed by atoms with E-state index in [0.717, 1.165) is 28.1 Å². The Morgan fingerprint density at radius 1 is 1.03 bits per heavy atom. The lowest BCUT2D eigenvalue weighted by molar-refractivity contribution is -0.140. The lowest BCUT2D eigenvalue weighted by atomic mass is 10.1.